The van der Waals surface area contributed by atoms with E-state index in [9.17, 15) is 0 Å². The molecule has 0 spiro atoms. The summed E-state index contributed by atoms with van der Waals surface area (Å²) in [4.78, 5) is 0. The highest BCUT2D eigenvalue weighted by atomic mass is 16.5. The van der Waals surface area contributed by atoms with E-state index in [4.69, 9.17) is 14.2 Å². The Hall–Kier alpha value is -2.78. The second-order valence-corrected chi connectivity index (χ2v) is 8.93. The minimum absolute atomic E-state index is 0.118. The van der Waals surface area contributed by atoms with E-state index in [1.807, 2.05) is 36.4 Å². The maximum Gasteiger partial charge on any atom is 0.127 e. The van der Waals surface area contributed by atoms with Crippen LogP contribution >= 0.6 is 0 Å². The van der Waals surface area contributed by atoms with Crippen molar-refractivity contribution in [1.82, 2.24) is 0 Å². The van der Waals surface area contributed by atoms with Crippen molar-refractivity contribution in [2.24, 2.45) is 0 Å². The Morgan fingerprint density at radius 1 is 0.871 bits per heavy atom. The molecule has 3 heteroatoms. The fraction of sp³-hybridized carbons (Fsp3) is 0.357. The molecule has 1 aliphatic rings. The SMILES string of the molecule is CC(C)(CCCc1cccc(Oc2ccccc2)c1)c1ccc(OC2CCOC2)cc1. The first-order chi connectivity index (χ1) is 15.1. The largest absolute Gasteiger partial charge is 0.488 e. The lowest BCUT2D eigenvalue weighted by Gasteiger charge is -2.26. The number of hydrogen-bond donors (Lipinski definition) is 0. The molecular weight excluding hydrogens is 384 g/mol. The minimum Gasteiger partial charge on any atom is -0.488 e. The van der Waals surface area contributed by atoms with Crippen molar-refractivity contribution in [2.75, 3.05) is 13.2 Å². The van der Waals surface area contributed by atoms with E-state index in [2.05, 4.69) is 56.3 Å². The van der Waals surface area contributed by atoms with Gasteiger partial charge in [-0.05, 0) is 72.2 Å². The summed E-state index contributed by atoms with van der Waals surface area (Å²) in [6.45, 7) is 6.15. The molecule has 1 heterocycles. The molecule has 0 N–H and O–H groups in total. The first kappa shape index (κ1) is 21.5. The average Bonchev–Trinajstić information content (AvgIpc) is 3.28. The van der Waals surface area contributed by atoms with E-state index < -0.39 is 0 Å². The Morgan fingerprint density at radius 2 is 1.65 bits per heavy atom. The summed E-state index contributed by atoms with van der Waals surface area (Å²) in [6, 6.07) is 27.0. The van der Waals surface area contributed by atoms with Gasteiger partial charge in [-0.3, -0.25) is 0 Å². The molecule has 4 rings (SSSR count). The van der Waals surface area contributed by atoms with Crippen molar-refractivity contribution in [3.8, 4) is 17.2 Å². The number of benzene rings is 3. The van der Waals surface area contributed by atoms with E-state index >= 15 is 0 Å². The van der Waals surface area contributed by atoms with Crippen molar-refractivity contribution in [2.45, 2.75) is 51.0 Å². The molecule has 31 heavy (non-hydrogen) atoms. The molecule has 1 aliphatic heterocycles. The van der Waals surface area contributed by atoms with Crippen LogP contribution in [0.25, 0.3) is 0 Å². The van der Waals surface area contributed by atoms with Crippen LogP contribution in [0.3, 0.4) is 0 Å². The Kier molecular flexibility index (Phi) is 6.93. The first-order valence-corrected chi connectivity index (χ1v) is 11.3. The smallest absolute Gasteiger partial charge is 0.127 e. The molecule has 3 nitrogen and oxygen atoms in total. The van der Waals surface area contributed by atoms with Gasteiger partial charge in [-0.15, -0.1) is 0 Å². The van der Waals surface area contributed by atoms with Gasteiger partial charge in [0, 0.05) is 6.42 Å². The number of rotatable bonds is 9. The molecule has 1 saturated heterocycles. The van der Waals surface area contributed by atoms with Gasteiger partial charge >= 0.3 is 0 Å². The van der Waals surface area contributed by atoms with Crippen LogP contribution in [0.4, 0.5) is 0 Å². The number of aryl methyl sites for hydroxylation is 1. The Balaban J connectivity index is 1.29. The number of ether oxygens (including phenoxy) is 3. The molecule has 162 valence electrons. The predicted molar refractivity (Wildman–Crippen MR) is 125 cm³/mol. The van der Waals surface area contributed by atoms with E-state index in [0.29, 0.717) is 6.61 Å². The van der Waals surface area contributed by atoms with Crippen molar-refractivity contribution in [3.05, 3.63) is 90.0 Å². The molecule has 0 aliphatic carbocycles. The zero-order valence-corrected chi connectivity index (χ0v) is 18.6. The molecule has 0 aromatic heterocycles. The second-order valence-electron chi connectivity index (χ2n) is 8.93. The third-order valence-corrected chi connectivity index (χ3v) is 5.97. The zero-order chi connectivity index (χ0) is 21.5. The van der Waals surface area contributed by atoms with Gasteiger partial charge < -0.3 is 14.2 Å². The molecule has 1 unspecified atom stereocenters. The Bertz CT molecular complexity index is 942. The highest BCUT2D eigenvalue weighted by Gasteiger charge is 2.21. The van der Waals surface area contributed by atoms with E-state index in [1.54, 1.807) is 0 Å². The van der Waals surface area contributed by atoms with Gasteiger partial charge in [-0.25, -0.2) is 0 Å². The Labute approximate surface area is 186 Å². The standard InChI is InChI=1S/C28H32O3/c1-28(2,23-13-15-25(16-14-23)31-27-17-19-29-21-27)18-7-9-22-8-6-12-26(20-22)30-24-10-4-3-5-11-24/h3-6,8,10-16,20,27H,7,9,17-19,21H2,1-2H3. The molecule has 0 saturated carbocycles. The summed E-state index contributed by atoms with van der Waals surface area (Å²) in [5.41, 5.74) is 2.78. The van der Waals surface area contributed by atoms with Gasteiger partial charge in [0.1, 0.15) is 23.4 Å². The molecule has 3 aromatic carbocycles. The van der Waals surface area contributed by atoms with Gasteiger partial charge in [-0.2, -0.15) is 0 Å². The summed E-state index contributed by atoms with van der Waals surface area (Å²) >= 11 is 0. The van der Waals surface area contributed by atoms with Gasteiger partial charge in [0.05, 0.1) is 13.2 Å². The van der Waals surface area contributed by atoms with E-state index in [-0.39, 0.29) is 11.5 Å². The van der Waals surface area contributed by atoms with Gasteiger partial charge in [0.2, 0.25) is 0 Å². The van der Waals surface area contributed by atoms with Crippen molar-refractivity contribution in [3.63, 3.8) is 0 Å². The minimum atomic E-state index is 0.118. The molecule has 0 radical (unpaired) electrons. The van der Waals surface area contributed by atoms with Crippen LogP contribution < -0.4 is 9.47 Å². The highest BCUT2D eigenvalue weighted by Crippen LogP contribution is 2.31. The molecule has 0 amide bonds. The molecular formula is C28H32O3. The van der Waals surface area contributed by atoms with Crippen molar-refractivity contribution in [1.29, 1.82) is 0 Å². The molecule has 1 fully saturated rings. The second kappa shape index (κ2) is 10.0. The third kappa shape index (κ3) is 6.11. The summed E-state index contributed by atoms with van der Waals surface area (Å²) in [7, 11) is 0. The topological polar surface area (TPSA) is 27.7 Å². The number of para-hydroxylation sites is 1. The average molecular weight is 417 g/mol. The van der Waals surface area contributed by atoms with E-state index in [0.717, 1.165) is 49.5 Å². The Morgan fingerprint density at radius 3 is 2.39 bits per heavy atom. The molecule has 3 aromatic rings. The fourth-order valence-electron chi connectivity index (χ4n) is 4.05. The van der Waals surface area contributed by atoms with Gasteiger partial charge in [-0.1, -0.05) is 56.3 Å². The molecule has 1 atom stereocenters. The van der Waals surface area contributed by atoms with Crippen LogP contribution in [0.15, 0.2) is 78.9 Å². The quantitative estimate of drug-likeness (QED) is 0.378. The predicted octanol–water partition coefficient (Wildman–Crippen LogP) is 6.95. The lowest BCUT2D eigenvalue weighted by atomic mass is 9.80. The normalized spacial score (nSPS) is 16.3. The summed E-state index contributed by atoms with van der Waals surface area (Å²) in [6.07, 6.45) is 4.45. The lowest BCUT2D eigenvalue weighted by Crippen LogP contribution is -2.18. The molecule has 0 bridgehead atoms. The zero-order valence-electron chi connectivity index (χ0n) is 18.6. The summed E-state index contributed by atoms with van der Waals surface area (Å²) < 4.78 is 17.4. The van der Waals surface area contributed by atoms with Crippen molar-refractivity contribution < 1.29 is 14.2 Å². The fourth-order valence-corrected chi connectivity index (χ4v) is 4.05. The van der Waals surface area contributed by atoms with Gasteiger partial charge in [0.15, 0.2) is 0 Å². The summed E-state index contributed by atoms with van der Waals surface area (Å²) in [5, 5.41) is 0. The van der Waals surface area contributed by atoms with Crippen LogP contribution in [0.5, 0.6) is 17.2 Å². The monoisotopic (exact) mass is 416 g/mol. The van der Waals surface area contributed by atoms with Crippen molar-refractivity contribution >= 4 is 0 Å². The van der Waals surface area contributed by atoms with Gasteiger partial charge in [0.25, 0.3) is 0 Å². The van der Waals surface area contributed by atoms with Crippen LogP contribution in [-0.2, 0) is 16.6 Å². The highest BCUT2D eigenvalue weighted by molar-refractivity contribution is 5.34. The van der Waals surface area contributed by atoms with Crippen LogP contribution in [0.2, 0.25) is 0 Å². The third-order valence-electron chi connectivity index (χ3n) is 5.97. The lowest BCUT2D eigenvalue weighted by molar-refractivity contribution is 0.141. The number of hydrogen-bond acceptors (Lipinski definition) is 3. The first-order valence-electron chi connectivity index (χ1n) is 11.3. The van der Waals surface area contributed by atoms with Crippen LogP contribution in [0, 0.1) is 0 Å². The van der Waals surface area contributed by atoms with E-state index in [1.165, 1.54) is 11.1 Å². The maximum absolute atomic E-state index is 6.00. The maximum atomic E-state index is 6.00. The van der Waals surface area contributed by atoms with Crippen LogP contribution in [-0.4, -0.2) is 19.3 Å². The summed E-state index contributed by atoms with van der Waals surface area (Å²) in [5.74, 6) is 2.70. The van der Waals surface area contributed by atoms with Crippen LogP contribution in [0.1, 0.15) is 44.2 Å².